The summed E-state index contributed by atoms with van der Waals surface area (Å²) in [5.74, 6) is 0. The molecule has 1 N–H and O–H groups in total. The third kappa shape index (κ3) is 5.49. The first kappa shape index (κ1) is 17.7. The third-order valence-corrected chi connectivity index (χ3v) is 4.37. The third-order valence-electron chi connectivity index (χ3n) is 4.37. The SMILES string of the molecule is Cc1ccc(C)c(CN(C[C@H](O)Cc2ccccc2)C(C)C)c1. The number of aliphatic hydroxyl groups is 1. The summed E-state index contributed by atoms with van der Waals surface area (Å²) in [4.78, 5) is 2.36. The molecule has 0 amide bonds. The number of nitrogens with zero attached hydrogens (tertiary/aromatic N) is 1. The summed E-state index contributed by atoms with van der Waals surface area (Å²) in [5, 5.41) is 10.5. The lowest BCUT2D eigenvalue weighted by atomic mass is 10.0. The van der Waals surface area contributed by atoms with E-state index >= 15 is 0 Å². The average Bonchev–Trinajstić information content (AvgIpc) is 2.51. The van der Waals surface area contributed by atoms with Gasteiger partial charge in [0, 0.05) is 19.1 Å². The van der Waals surface area contributed by atoms with Gasteiger partial charge in [0.1, 0.15) is 0 Å². The van der Waals surface area contributed by atoms with Gasteiger partial charge in [-0.2, -0.15) is 0 Å². The molecule has 0 aliphatic carbocycles. The molecule has 2 nitrogen and oxygen atoms in total. The van der Waals surface area contributed by atoms with Gasteiger partial charge in [-0.25, -0.2) is 0 Å². The molecule has 0 saturated carbocycles. The summed E-state index contributed by atoms with van der Waals surface area (Å²) in [6.07, 6.45) is 0.363. The fourth-order valence-electron chi connectivity index (χ4n) is 2.87. The Morgan fingerprint density at radius 1 is 1.00 bits per heavy atom. The first-order valence-electron chi connectivity index (χ1n) is 8.48. The van der Waals surface area contributed by atoms with Crippen LogP contribution in [0, 0.1) is 13.8 Å². The predicted molar refractivity (Wildman–Crippen MR) is 97.6 cm³/mol. The summed E-state index contributed by atoms with van der Waals surface area (Å²) < 4.78 is 0. The topological polar surface area (TPSA) is 23.5 Å². The van der Waals surface area contributed by atoms with E-state index in [-0.39, 0.29) is 6.10 Å². The molecule has 0 spiro atoms. The van der Waals surface area contributed by atoms with Crippen LogP contribution in [0.2, 0.25) is 0 Å². The van der Waals surface area contributed by atoms with E-state index in [1.807, 2.05) is 18.2 Å². The van der Waals surface area contributed by atoms with Crippen molar-refractivity contribution in [2.45, 2.75) is 52.8 Å². The molecule has 2 rings (SSSR count). The number of benzene rings is 2. The zero-order valence-electron chi connectivity index (χ0n) is 14.8. The van der Waals surface area contributed by atoms with E-state index in [0.717, 1.165) is 6.54 Å². The van der Waals surface area contributed by atoms with Crippen LogP contribution in [-0.2, 0) is 13.0 Å². The normalized spacial score (nSPS) is 12.8. The lowest BCUT2D eigenvalue weighted by molar-refractivity contribution is 0.0907. The maximum absolute atomic E-state index is 10.5. The number of rotatable bonds is 7. The zero-order valence-corrected chi connectivity index (χ0v) is 14.8. The zero-order chi connectivity index (χ0) is 16.8. The Labute approximate surface area is 140 Å². The van der Waals surface area contributed by atoms with Crippen molar-refractivity contribution >= 4 is 0 Å². The van der Waals surface area contributed by atoms with Gasteiger partial charge in [0.2, 0.25) is 0 Å². The lowest BCUT2D eigenvalue weighted by Gasteiger charge is -2.29. The summed E-state index contributed by atoms with van der Waals surface area (Å²) in [5.41, 5.74) is 5.15. The molecule has 0 radical (unpaired) electrons. The molecule has 23 heavy (non-hydrogen) atoms. The highest BCUT2D eigenvalue weighted by Crippen LogP contribution is 2.16. The molecular formula is C21H29NO. The maximum Gasteiger partial charge on any atom is 0.0707 e. The van der Waals surface area contributed by atoms with Crippen LogP contribution in [-0.4, -0.2) is 28.7 Å². The molecule has 0 fully saturated rings. The summed E-state index contributed by atoms with van der Waals surface area (Å²) >= 11 is 0. The van der Waals surface area contributed by atoms with Crippen LogP contribution < -0.4 is 0 Å². The highest BCUT2D eigenvalue weighted by molar-refractivity contribution is 5.30. The van der Waals surface area contributed by atoms with Crippen molar-refractivity contribution in [1.82, 2.24) is 4.90 Å². The Bertz CT molecular complexity index is 606. The van der Waals surface area contributed by atoms with E-state index in [9.17, 15) is 5.11 Å². The van der Waals surface area contributed by atoms with Crippen molar-refractivity contribution in [3.8, 4) is 0 Å². The first-order valence-corrected chi connectivity index (χ1v) is 8.48. The largest absolute Gasteiger partial charge is 0.391 e. The fourth-order valence-corrected chi connectivity index (χ4v) is 2.87. The molecule has 124 valence electrons. The molecule has 0 aliphatic heterocycles. The number of aryl methyl sites for hydroxylation is 2. The van der Waals surface area contributed by atoms with Crippen molar-refractivity contribution in [2.24, 2.45) is 0 Å². The van der Waals surface area contributed by atoms with Crippen molar-refractivity contribution in [3.05, 3.63) is 70.8 Å². The highest BCUT2D eigenvalue weighted by atomic mass is 16.3. The highest BCUT2D eigenvalue weighted by Gasteiger charge is 2.16. The Morgan fingerprint density at radius 2 is 1.70 bits per heavy atom. The monoisotopic (exact) mass is 311 g/mol. The second-order valence-corrected chi connectivity index (χ2v) is 6.80. The van der Waals surface area contributed by atoms with Gasteiger partial charge >= 0.3 is 0 Å². The summed E-state index contributed by atoms with van der Waals surface area (Å²) in [7, 11) is 0. The molecule has 0 aliphatic rings. The van der Waals surface area contributed by atoms with Crippen LogP contribution in [0.25, 0.3) is 0 Å². The second-order valence-electron chi connectivity index (χ2n) is 6.80. The van der Waals surface area contributed by atoms with Crippen LogP contribution in [0.4, 0.5) is 0 Å². The van der Waals surface area contributed by atoms with Gasteiger partial charge in [-0.05, 0) is 50.8 Å². The van der Waals surface area contributed by atoms with Crippen LogP contribution in [0.15, 0.2) is 48.5 Å². The fraction of sp³-hybridized carbons (Fsp3) is 0.429. The first-order chi connectivity index (χ1) is 11.0. The molecule has 0 heterocycles. The minimum atomic E-state index is -0.343. The van der Waals surface area contributed by atoms with E-state index in [0.29, 0.717) is 19.0 Å². The van der Waals surface area contributed by atoms with E-state index < -0.39 is 0 Å². The number of aliphatic hydroxyl groups excluding tert-OH is 1. The summed E-state index contributed by atoms with van der Waals surface area (Å²) in [6, 6.07) is 17.2. The van der Waals surface area contributed by atoms with Gasteiger partial charge in [-0.3, -0.25) is 4.90 Å². The van der Waals surface area contributed by atoms with Gasteiger partial charge < -0.3 is 5.11 Å². The number of hydrogen-bond acceptors (Lipinski definition) is 2. The van der Waals surface area contributed by atoms with E-state index in [4.69, 9.17) is 0 Å². The van der Waals surface area contributed by atoms with Crippen molar-refractivity contribution in [1.29, 1.82) is 0 Å². The van der Waals surface area contributed by atoms with Crippen LogP contribution in [0.3, 0.4) is 0 Å². The van der Waals surface area contributed by atoms with E-state index in [2.05, 4.69) is 62.9 Å². The van der Waals surface area contributed by atoms with E-state index in [1.54, 1.807) is 0 Å². The minimum Gasteiger partial charge on any atom is -0.391 e. The number of hydrogen-bond donors (Lipinski definition) is 1. The molecule has 2 aromatic rings. The van der Waals surface area contributed by atoms with Crippen LogP contribution >= 0.6 is 0 Å². The molecule has 0 aromatic heterocycles. The molecule has 0 saturated heterocycles. The molecule has 2 aromatic carbocycles. The van der Waals surface area contributed by atoms with Gasteiger partial charge in [0.25, 0.3) is 0 Å². The lowest BCUT2D eigenvalue weighted by Crippen LogP contribution is -2.38. The quantitative estimate of drug-likeness (QED) is 0.831. The standard InChI is InChI=1S/C21H29NO/c1-16(2)22(14-20-12-17(3)10-11-18(20)4)15-21(23)13-19-8-6-5-7-9-19/h5-12,16,21,23H,13-15H2,1-4H3/t21-/m1/s1. The average molecular weight is 311 g/mol. The molecule has 1 atom stereocenters. The minimum absolute atomic E-state index is 0.343. The van der Waals surface area contributed by atoms with Crippen molar-refractivity contribution in [2.75, 3.05) is 6.54 Å². The predicted octanol–water partition coefficient (Wildman–Crippen LogP) is 4.12. The van der Waals surface area contributed by atoms with Crippen LogP contribution in [0.5, 0.6) is 0 Å². The molecule has 0 bridgehead atoms. The van der Waals surface area contributed by atoms with E-state index in [1.165, 1.54) is 22.3 Å². The van der Waals surface area contributed by atoms with Gasteiger partial charge in [-0.1, -0.05) is 54.1 Å². The summed E-state index contributed by atoms with van der Waals surface area (Å²) in [6.45, 7) is 10.3. The Kier molecular flexibility index (Phi) is 6.37. The molecule has 2 heteroatoms. The maximum atomic E-state index is 10.5. The van der Waals surface area contributed by atoms with Gasteiger partial charge in [0.15, 0.2) is 0 Å². The van der Waals surface area contributed by atoms with Crippen molar-refractivity contribution < 1.29 is 5.11 Å². The van der Waals surface area contributed by atoms with Gasteiger partial charge in [0.05, 0.1) is 6.10 Å². The second kappa shape index (κ2) is 8.28. The Balaban J connectivity index is 2.02. The van der Waals surface area contributed by atoms with Crippen molar-refractivity contribution in [3.63, 3.8) is 0 Å². The Hall–Kier alpha value is -1.64. The molecule has 0 unspecified atom stereocenters. The van der Waals surface area contributed by atoms with Crippen LogP contribution in [0.1, 0.15) is 36.1 Å². The van der Waals surface area contributed by atoms with Gasteiger partial charge in [-0.15, -0.1) is 0 Å². The Morgan fingerprint density at radius 3 is 2.35 bits per heavy atom. The molecular weight excluding hydrogens is 282 g/mol. The smallest absolute Gasteiger partial charge is 0.0707 e.